The molecule has 0 bridgehead atoms. The van der Waals surface area contributed by atoms with Crippen LogP contribution in [0.3, 0.4) is 0 Å². The van der Waals surface area contributed by atoms with Crippen molar-refractivity contribution in [2.24, 2.45) is 5.92 Å². The van der Waals surface area contributed by atoms with Crippen LogP contribution in [0.2, 0.25) is 0 Å². The topological polar surface area (TPSA) is 51.6 Å². The van der Waals surface area contributed by atoms with Crippen molar-refractivity contribution in [3.05, 3.63) is 23.9 Å². The van der Waals surface area contributed by atoms with Crippen molar-refractivity contribution >= 4 is 0 Å². The van der Waals surface area contributed by atoms with Crippen LogP contribution in [0.1, 0.15) is 25.1 Å². The third-order valence-electron chi connectivity index (χ3n) is 2.57. The Morgan fingerprint density at radius 2 is 2.12 bits per heavy atom. The summed E-state index contributed by atoms with van der Waals surface area (Å²) in [6.45, 7) is 2.62. The van der Waals surface area contributed by atoms with Crippen LogP contribution in [0.5, 0.6) is 5.88 Å². The molecule has 0 aromatic carbocycles. The highest BCUT2D eigenvalue weighted by Gasteiger charge is 2.17. The van der Waals surface area contributed by atoms with Crippen LogP contribution >= 0.6 is 0 Å². The van der Waals surface area contributed by atoms with Crippen molar-refractivity contribution in [1.29, 1.82) is 0 Å². The van der Waals surface area contributed by atoms with E-state index in [4.69, 9.17) is 9.47 Å². The van der Waals surface area contributed by atoms with E-state index in [-0.39, 0.29) is 5.92 Å². The molecule has 0 aliphatic carbocycles. The second-order valence-electron chi connectivity index (χ2n) is 3.81. The van der Waals surface area contributed by atoms with Crippen molar-refractivity contribution < 1.29 is 14.6 Å². The zero-order valence-corrected chi connectivity index (χ0v) is 10.0. The van der Waals surface area contributed by atoms with Gasteiger partial charge in [-0.3, -0.25) is 0 Å². The van der Waals surface area contributed by atoms with E-state index >= 15 is 0 Å². The Labute approximate surface area is 96.2 Å². The molecule has 0 spiro atoms. The molecular formula is C12H19NO3. The molecule has 1 rings (SSSR count). The molecule has 90 valence electrons. The third kappa shape index (κ3) is 3.47. The van der Waals surface area contributed by atoms with Gasteiger partial charge in [0.05, 0.1) is 18.9 Å². The van der Waals surface area contributed by atoms with Gasteiger partial charge in [0.15, 0.2) is 0 Å². The zero-order valence-electron chi connectivity index (χ0n) is 10.0. The first kappa shape index (κ1) is 12.9. The van der Waals surface area contributed by atoms with Gasteiger partial charge < -0.3 is 14.6 Å². The van der Waals surface area contributed by atoms with E-state index in [0.29, 0.717) is 18.2 Å². The summed E-state index contributed by atoms with van der Waals surface area (Å²) in [5.74, 6) is 0.634. The van der Waals surface area contributed by atoms with Crippen molar-refractivity contribution in [2.45, 2.75) is 19.4 Å². The number of rotatable bonds is 6. The molecule has 0 radical (unpaired) electrons. The number of aliphatic hydroxyl groups is 1. The SMILES string of the molecule is COCCC(C)C(O)c1cccc(OC)n1. The first-order chi connectivity index (χ1) is 7.69. The van der Waals surface area contributed by atoms with Gasteiger partial charge in [-0.2, -0.15) is 0 Å². The van der Waals surface area contributed by atoms with Crippen LogP contribution in [0, 0.1) is 5.92 Å². The van der Waals surface area contributed by atoms with Crippen LogP contribution in [0.4, 0.5) is 0 Å². The molecule has 2 atom stereocenters. The summed E-state index contributed by atoms with van der Waals surface area (Å²) in [6, 6.07) is 5.39. The van der Waals surface area contributed by atoms with E-state index < -0.39 is 6.10 Å². The van der Waals surface area contributed by atoms with E-state index in [0.717, 1.165) is 6.42 Å². The minimum atomic E-state index is -0.578. The molecule has 0 aliphatic heterocycles. The summed E-state index contributed by atoms with van der Waals surface area (Å²) in [4.78, 5) is 4.21. The van der Waals surface area contributed by atoms with Crippen LogP contribution in [0.15, 0.2) is 18.2 Å². The predicted octanol–water partition coefficient (Wildman–Crippen LogP) is 1.80. The quantitative estimate of drug-likeness (QED) is 0.802. The van der Waals surface area contributed by atoms with Gasteiger partial charge >= 0.3 is 0 Å². The highest BCUT2D eigenvalue weighted by molar-refractivity contribution is 5.17. The number of hydrogen-bond donors (Lipinski definition) is 1. The van der Waals surface area contributed by atoms with Crippen molar-refractivity contribution in [2.75, 3.05) is 20.8 Å². The molecule has 0 fully saturated rings. The maximum atomic E-state index is 10.1. The molecule has 1 heterocycles. The van der Waals surface area contributed by atoms with Gasteiger partial charge in [0, 0.05) is 19.8 Å². The van der Waals surface area contributed by atoms with Gasteiger partial charge in [-0.1, -0.05) is 13.0 Å². The Bertz CT molecular complexity index is 317. The number of methoxy groups -OCH3 is 2. The monoisotopic (exact) mass is 225 g/mol. The van der Waals surface area contributed by atoms with Gasteiger partial charge in [0.1, 0.15) is 0 Å². The van der Waals surface area contributed by atoms with Crippen molar-refractivity contribution in [1.82, 2.24) is 4.98 Å². The summed E-state index contributed by atoms with van der Waals surface area (Å²) >= 11 is 0. The second-order valence-corrected chi connectivity index (χ2v) is 3.81. The molecule has 0 amide bonds. The van der Waals surface area contributed by atoms with Gasteiger partial charge in [0.25, 0.3) is 0 Å². The first-order valence-corrected chi connectivity index (χ1v) is 5.37. The molecule has 0 aliphatic rings. The number of hydrogen-bond acceptors (Lipinski definition) is 4. The lowest BCUT2D eigenvalue weighted by atomic mass is 9.98. The number of ether oxygens (including phenoxy) is 2. The molecule has 16 heavy (non-hydrogen) atoms. The molecule has 0 saturated heterocycles. The Morgan fingerprint density at radius 3 is 2.75 bits per heavy atom. The van der Waals surface area contributed by atoms with Crippen molar-refractivity contribution in [3.8, 4) is 5.88 Å². The van der Waals surface area contributed by atoms with E-state index in [1.165, 1.54) is 0 Å². The van der Waals surface area contributed by atoms with Gasteiger partial charge in [-0.25, -0.2) is 4.98 Å². The fourth-order valence-corrected chi connectivity index (χ4v) is 1.46. The van der Waals surface area contributed by atoms with Crippen LogP contribution < -0.4 is 4.74 Å². The number of nitrogens with zero attached hydrogens (tertiary/aromatic N) is 1. The molecule has 2 unspecified atom stereocenters. The fraction of sp³-hybridized carbons (Fsp3) is 0.583. The van der Waals surface area contributed by atoms with Crippen LogP contribution in [-0.4, -0.2) is 30.9 Å². The third-order valence-corrected chi connectivity index (χ3v) is 2.57. The second kappa shape index (κ2) is 6.45. The normalized spacial score (nSPS) is 14.5. The largest absolute Gasteiger partial charge is 0.481 e. The summed E-state index contributed by atoms with van der Waals surface area (Å²) in [5, 5.41) is 10.1. The highest BCUT2D eigenvalue weighted by Crippen LogP contribution is 2.24. The molecule has 4 heteroatoms. The Hall–Kier alpha value is -1.13. The minimum Gasteiger partial charge on any atom is -0.481 e. The fourth-order valence-electron chi connectivity index (χ4n) is 1.46. The predicted molar refractivity (Wildman–Crippen MR) is 61.4 cm³/mol. The maximum absolute atomic E-state index is 10.1. The van der Waals surface area contributed by atoms with Crippen molar-refractivity contribution in [3.63, 3.8) is 0 Å². The van der Waals surface area contributed by atoms with Crippen LogP contribution in [-0.2, 0) is 4.74 Å². The Morgan fingerprint density at radius 1 is 1.38 bits per heavy atom. The molecular weight excluding hydrogens is 206 g/mol. The average Bonchev–Trinajstić information content (AvgIpc) is 2.35. The Kier molecular flexibility index (Phi) is 5.22. The van der Waals surface area contributed by atoms with E-state index in [1.807, 2.05) is 13.0 Å². The first-order valence-electron chi connectivity index (χ1n) is 5.37. The lowest BCUT2D eigenvalue weighted by molar-refractivity contribution is 0.0850. The van der Waals surface area contributed by atoms with E-state index in [1.54, 1.807) is 26.4 Å². The standard InChI is InChI=1S/C12H19NO3/c1-9(7-8-15-2)12(14)10-5-4-6-11(13-10)16-3/h4-6,9,12,14H,7-8H2,1-3H3. The summed E-state index contributed by atoms with van der Waals surface area (Å²) in [5.41, 5.74) is 0.642. The smallest absolute Gasteiger partial charge is 0.213 e. The van der Waals surface area contributed by atoms with E-state index in [9.17, 15) is 5.11 Å². The van der Waals surface area contributed by atoms with Gasteiger partial charge in [-0.05, 0) is 18.4 Å². The molecule has 1 aromatic heterocycles. The lowest BCUT2D eigenvalue weighted by Gasteiger charge is -2.18. The summed E-state index contributed by atoms with van der Waals surface area (Å²) in [6.07, 6.45) is 0.224. The molecule has 4 nitrogen and oxygen atoms in total. The summed E-state index contributed by atoms with van der Waals surface area (Å²) in [7, 11) is 3.22. The summed E-state index contributed by atoms with van der Waals surface area (Å²) < 4.78 is 10.0. The number of aliphatic hydroxyl groups excluding tert-OH is 1. The van der Waals surface area contributed by atoms with Gasteiger partial charge in [0.2, 0.25) is 5.88 Å². The van der Waals surface area contributed by atoms with Gasteiger partial charge in [-0.15, -0.1) is 0 Å². The highest BCUT2D eigenvalue weighted by atomic mass is 16.5. The van der Waals surface area contributed by atoms with E-state index in [2.05, 4.69) is 4.98 Å². The molecule has 0 saturated carbocycles. The lowest BCUT2D eigenvalue weighted by Crippen LogP contribution is -2.13. The molecule has 1 N–H and O–H groups in total. The molecule has 1 aromatic rings. The Balaban J connectivity index is 2.67. The number of aromatic nitrogens is 1. The average molecular weight is 225 g/mol. The zero-order chi connectivity index (χ0) is 12.0. The minimum absolute atomic E-state index is 0.111. The number of pyridine rings is 1. The van der Waals surface area contributed by atoms with Crippen LogP contribution in [0.25, 0.3) is 0 Å². The maximum Gasteiger partial charge on any atom is 0.213 e.